The predicted molar refractivity (Wildman–Crippen MR) is 175 cm³/mol. The molecule has 0 radical (unpaired) electrons. The van der Waals surface area contributed by atoms with Gasteiger partial charge in [0.1, 0.15) is 11.6 Å². The van der Waals surface area contributed by atoms with Gasteiger partial charge in [0.25, 0.3) is 0 Å². The molecule has 2 aromatic rings. The quantitative estimate of drug-likeness (QED) is 0.147. The first kappa shape index (κ1) is 38.4. The van der Waals surface area contributed by atoms with Crippen molar-refractivity contribution in [3.05, 3.63) is 59.2 Å². The van der Waals surface area contributed by atoms with E-state index in [0.29, 0.717) is 37.1 Å². The van der Waals surface area contributed by atoms with Crippen LogP contribution in [0.5, 0.6) is 11.5 Å². The number of nitrogens with two attached hydrogens (primary N) is 1. The van der Waals surface area contributed by atoms with Crippen LogP contribution in [0.1, 0.15) is 71.9 Å². The topological polar surface area (TPSA) is 103 Å². The molecule has 2 rings (SSSR count). The van der Waals surface area contributed by atoms with Crippen LogP contribution in [-0.4, -0.2) is 57.1 Å². The number of hydrogen-bond acceptors (Lipinski definition) is 6. The molecule has 1 amide bonds. The highest BCUT2D eigenvalue weighted by molar-refractivity contribution is 5.79. The number of aliphatic hydroxyl groups is 1. The van der Waals surface area contributed by atoms with E-state index in [1.165, 1.54) is 18.2 Å². The Labute approximate surface area is 269 Å². The number of benzene rings is 2. The van der Waals surface area contributed by atoms with Crippen LogP contribution >= 0.6 is 0 Å². The predicted octanol–water partition coefficient (Wildman–Crippen LogP) is 6.33. The van der Waals surface area contributed by atoms with Gasteiger partial charge in [-0.1, -0.05) is 53.7 Å². The second-order valence-electron chi connectivity index (χ2n) is 13.7. The van der Waals surface area contributed by atoms with Crippen molar-refractivity contribution in [3.63, 3.8) is 0 Å². The monoisotopic (exact) mass is 634 g/mol. The van der Waals surface area contributed by atoms with Crippen molar-refractivity contribution in [2.75, 3.05) is 34.0 Å². The average Bonchev–Trinajstić information content (AvgIpc) is 2.98. The molecule has 254 valence electrons. The number of ether oxygens (including phenoxy) is 3. The third-order valence-electron chi connectivity index (χ3n) is 8.58. The average molecular weight is 635 g/mol. The van der Waals surface area contributed by atoms with Crippen LogP contribution in [0.15, 0.2) is 36.4 Å². The van der Waals surface area contributed by atoms with Gasteiger partial charge in [0, 0.05) is 44.2 Å². The Kier molecular flexibility index (Phi) is 15.7. The lowest BCUT2D eigenvalue weighted by Crippen LogP contribution is -2.44. The van der Waals surface area contributed by atoms with Crippen molar-refractivity contribution >= 4 is 5.91 Å². The fourth-order valence-corrected chi connectivity index (χ4v) is 5.56. The summed E-state index contributed by atoms with van der Waals surface area (Å²) in [7, 11) is 3.28. The van der Waals surface area contributed by atoms with E-state index in [9.17, 15) is 18.7 Å². The molecule has 0 fully saturated rings. The maximum atomic E-state index is 14.2. The Bertz CT molecular complexity index is 1170. The first-order chi connectivity index (χ1) is 21.2. The fraction of sp³-hybridized carbons (Fsp3) is 0.639. The number of rotatable bonds is 20. The van der Waals surface area contributed by atoms with Crippen LogP contribution in [0.25, 0.3) is 0 Å². The Morgan fingerprint density at radius 3 is 2.22 bits per heavy atom. The molecule has 7 nitrogen and oxygen atoms in total. The molecule has 0 heterocycles. The maximum absolute atomic E-state index is 14.2. The molecule has 0 aliphatic heterocycles. The molecule has 2 aromatic carbocycles. The van der Waals surface area contributed by atoms with Crippen LogP contribution < -0.4 is 20.5 Å². The first-order valence-electron chi connectivity index (χ1n) is 16.1. The standard InChI is InChI=1S/C36H56F2N2O5/c1-23(2)26(17-25-13-14-33(44-8)34(18-25)45-16-10-15-43-7)19-31(39)32(41)20-27(24(3)4)35(42)40-22-36(5,6)21-28-29(37)11-9-12-30(28)38/h9,11-14,18,23-24,26-27,31-32,41H,10,15-17,19-22,39H2,1-8H3,(H,40,42)/t26-,27-,31-,32-/m0/s1. The molecule has 0 aliphatic rings. The number of nitrogens with one attached hydrogen (secondary N) is 1. The van der Waals surface area contributed by atoms with Crippen molar-refractivity contribution in [2.24, 2.45) is 34.8 Å². The van der Waals surface area contributed by atoms with E-state index in [1.807, 2.05) is 45.9 Å². The Morgan fingerprint density at radius 2 is 1.64 bits per heavy atom. The van der Waals surface area contributed by atoms with Crippen molar-refractivity contribution in [1.82, 2.24) is 5.32 Å². The van der Waals surface area contributed by atoms with E-state index in [-0.39, 0.29) is 42.7 Å². The molecule has 45 heavy (non-hydrogen) atoms. The highest BCUT2D eigenvalue weighted by Crippen LogP contribution is 2.32. The lowest BCUT2D eigenvalue weighted by molar-refractivity contribution is -0.128. The summed E-state index contributed by atoms with van der Waals surface area (Å²) < 4.78 is 45.0. The number of carbonyl (C=O) groups excluding carboxylic acids is 1. The summed E-state index contributed by atoms with van der Waals surface area (Å²) >= 11 is 0. The van der Waals surface area contributed by atoms with Crippen molar-refractivity contribution in [1.29, 1.82) is 0 Å². The van der Waals surface area contributed by atoms with Gasteiger partial charge in [0.05, 0.1) is 19.8 Å². The van der Waals surface area contributed by atoms with Gasteiger partial charge in [-0.05, 0) is 78.7 Å². The minimum absolute atomic E-state index is 0.0127. The second-order valence-corrected chi connectivity index (χ2v) is 13.7. The van der Waals surface area contributed by atoms with Crippen molar-refractivity contribution in [2.45, 2.75) is 85.8 Å². The molecule has 9 heteroatoms. The largest absolute Gasteiger partial charge is 0.493 e. The van der Waals surface area contributed by atoms with Crippen LogP contribution in [-0.2, 0) is 22.4 Å². The van der Waals surface area contributed by atoms with Gasteiger partial charge in [-0.2, -0.15) is 0 Å². The SMILES string of the molecule is COCCCOc1cc(C[C@@H](C[C@H](N)[C@@H](O)C[C@H](C(=O)NCC(C)(C)Cc2c(F)cccc2F)C(C)C)C(C)C)ccc1OC. The summed E-state index contributed by atoms with van der Waals surface area (Å²) in [6, 6.07) is 9.24. The summed E-state index contributed by atoms with van der Waals surface area (Å²) in [4.78, 5) is 13.3. The van der Waals surface area contributed by atoms with E-state index in [0.717, 1.165) is 18.4 Å². The van der Waals surface area contributed by atoms with Gasteiger partial charge in [-0.15, -0.1) is 0 Å². The second kappa shape index (κ2) is 18.4. The van der Waals surface area contributed by atoms with Gasteiger partial charge >= 0.3 is 0 Å². The lowest BCUT2D eigenvalue weighted by atomic mass is 9.80. The van der Waals surface area contributed by atoms with Gasteiger partial charge in [-0.3, -0.25) is 4.79 Å². The van der Waals surface area contributed by atoms with E-state index < -0.39 is 35.1 Å². The number of halogens is 2. The molecule has 0 spiro atoms. The molecule has 0 bridgehead atoms. The Morgan fingerprint density at radius 1 is 0.978 bits per heavy atom. The summed E-state index contributed by atoms with van der Waals surface area (Å²) in [6.07, 6.45) is 1.59. The molecule has 0 saturated carbocycles. The summed E-state index contributed by atoms with van der Waals surface area (Å²) in [5, 5.41) is 14.2. The van der Waals surface area contributed by atoms with Crippen molar-refractivity contribution in [3.8, 4) is 11.5 Å². The fourth-order valence-electron chi connectivity index (χ4n) is 5.56. The van der Waals surface area contributed by atoms with Crippen LogP contribution in [0.4, 0.5) is 8.78 Å². The molecule has 0 unspecified atom stereocenters. The summed E-state index contributed by atoms with van der Waals surface area (Å²) in [5.41, 5.74) is 7.09. The Balaban J connectivity index is 2.02. The van der Waals surface area contributed by atoms with Gasteiger partial charge in [-0.25, -0.2) is 8.78 Å². The third kappa shape index (κ3) is 12.5. The molecule has 4 atom stereocenters. The third-order valence-corrected chi connectivity index (χ3v) is 8.58. The zero-order chi connectivity index (χ0) is 33.7. The molecule has 0 saturated heterocycles. The lowest BCUT2D eigenvalue weighted by Gasteiger charge is -2.31. The number of methoxy groups -OCH3 is 2. The van der Waals surface area contributed by atoms with E-state index in [4.69, 9.17) is 19.9 Å². The van der Waals surface area contributed by atoms with Crippen LogP contribution in [0.2, 0.25) is 0 Å². The summed E-state index contributed by atoms with van der Waals surface area (Å²) in [5.74, 6) is -0.0380. The molecule has 4 N–H and O–H groups in total. The zero-order valence-corrected chi connectivity index (χ0v) is 28.5. The normalized spacial score (nSPS) is 14.7. The number of hydrogen-bond donors (Lipinski definition) is 3. The van der Waals surface area contributed by atoms with Gasteiger partial charge in [0.15, 0.2) is 11.5 Å². The smallest absolute Gasteiger partial charge is 0.223 e. The minimum Gasteiger partial charge on any atom is -0.493 e. The van der Waals surface area contributed by atoms with E-state index >= 15 is 0 Å². The Hall–Kier alpha value is -2.75. The molecule has 0 aromatic heterocycles. The maximum Gasteiger partial charge on any atom is 0.223 e. The minimum atomic E-state index is -0.875. The number of amides is 1. The number of aliphatic hydroxyl groups excluding tert-OH is 1. The van der Waals surface area contributed by atoms with Gasteiger partial charge < -0.3 is 30.4 Å². The van der Waals surface area contributed by atoms with Crippen molar-refractivity contribution < 1.29 is 32.9 Å². The highest BCUT2D eigenvalue weighted by atomic mass is 19.1. The van der Waals surface area contributed by atoms with Gasteiger partial charge in [0.2, 0.25) is 5.91 Å². The molecule has 0 aliphatic carbocycles. The van der Waals surface area contributed by atoms with Crippen LogP contribution in [0, 0.1) is 40.7 Å². The van der Waals surface area contributed by atoms with E-state index in [1.54, 1.807) is 14.2 Å². The highest BCUT2D eigenvalue weighted by Gasteiger charge is 2.31. The zero-order valence-electron chi connectivity index (χ0n) is 28.5. The molecular formula is C36H56F2N2O5. The first-order valence-corrected chi connectivity index (χ1v) is 16.1. The summed E-state index contributed by atoms with van der Waals surface area (Å²) in [6.45, 7) is 13.3. The van der Waals surface area contributed by atoms with Crippen LogP contribution in [0.3, 0.4) is 0 Å². The molecular weight excluding hydrogens is 578 g/mol. The number of carbonyl (C=O) groups is 1. The van der Waals surface area contributed by atoms with E-state index in [2.05, 4.69) is 19.2 Å².